The molecule has 1 unspecified atom stereocenters. The summed E-state index contributed by atoms with van der Waals surface area (Å²) in [4.78, 5) is 2.51. The first-order valence-corrected chi connectivity index (χ1v) is 8.06. The van der Waals surface area contributed by atoms with Gasteiger partial charge in [-0.2, -0.15) is 0 Å². The minimum absolute atomic E-state index is 0.569. The van der Waals surface area contributed by atoms with Crippen LogP contribution in [-0.4, -0.2) is 32.1 Å². The second-order valence-electron chi connectivity index (χ2n) is 6.76. The van der Waals surface area contributed by atoms with E-state index in [1.807, 2.05) is 0 Å². The lowest BCUT2D eigenvalue weighted by Crippen LogP contribution is -2.45. The minimum Gasteiger partial charge on any atom is -0.497 e. The monoisotopic (exact) mass is 273 g/mol. The lowest BCUT2D eigenvalue weighted by molar-refractivity contribution is 0.0524. The van der Waals surface area contributed by atoms with Gasteiger partial charge < -0.3 is 9.64 Å². The van der Waals surface area contributed by atoms with E-state index in [4.69, 9.17) is 4.74 Å². The van der Waals surface area contributed by atoms with Crippen LogP contribution in [0.5, 0.6) is 5.75 Å². The topological polar surface area (TPSA) is 12.5 Å². The number of hydrogen-bond acceptors (Lipinski definition) is 2. The summed E-state index contributed by atoms with van der Waals surface area (Å²) in [6, 6.07) is 8.83. The predicted octanol–water partition coefficient (Wildman–Crippen LogP) is 4.06. The Bertz CT molecular complexity index is 433. The fourth-order valence-electron chi connectivity index (χ4n) is 4.33. The smallest absolute Gasteiger partial charge is 0.118 e. The molecule has 1 aromatic carbocycles. The van der Waals surface area contributed by atoms with Crippen molar-refractivity contribution in [1.82, 2.24) is 4.90 Å². The van der Waals surface area contributed by atoms with E-state index in [9.17, 15) is 0 Å². The number of nitrogens with zero attached hydrogens (tertiary/aromatic N) is 1. The molecule has 0 aromatic heterocycles. The summed E-state index contributed by atoms with van der Waals surface area (Å²) in [6.07, 6.45) is 8.52. The number of rotatable bonds is 2. The third-order valence-electron chi connectivity index (χ3n) is 5.59. The molecule has 1 saturated heterocycles. The molecule has 0 amide bonds. The minimum atomic E-state index is 0.569. The van der Waals surface area contributed by atoms with Crippen LogP contribution in [-0.2, 0) is 0 Å². The summed E-state index contributed by atoms with van der Waals surface area (Å²) in [5, 5.41) is 0. The molecule has 1 heterocycles. The fraction of sp³-hybridized carbons (Fsp3) is 0.667. The van der Waals surface area contributed by atoms with E-state index < -0.39 is 0 Å². The molecule has 1 saturated carbocycles. The number of hydrogen-bond donors (Lipinski definition) is 0. The molecule has 20 heavy (non-hydrogen) atoms. The Hall–Kier alpha value is -1.02. The fourth-order valence-corrected chi connectivity index (χ4v) is 4.33. The van der Waals surface area contributed by atoms with E-state index in [2.05, 4.69) is 36.2 Å². The standard InChI is InChI=1S/C18H27NO/c1-19-13-12-18(10-4-3-5-11-18)17(14-19)15-6-8-16(20-2)9-7-15/h6-9,17H,3-5,10-14H2,1-2H3. The van der Waals surface area contributed by atoms with Gasteiger partial charge in [-0.1, -0.05) is 31.4 Å². The third-order valence-corrected chi connectivity index (χ3v) is 5.59. The maximum absolute atomic E-state index is 5.30. The molecule has 0 bridgehead atoms. The van der Waals surface area contributed by atoms with Crippen LogP contribution in [0, 0.1) is 5.41 Å². The van der Waals surface area contributed by atoms with E-state index in [1.165, 1.54) is 57.2 Å². The van der Waals surface area contributed by atoms with Crippen LogP contribution in [0.4, 0.5) is 0 Å². The molecular weight excluding hydrogens is 246 g/mol. The maximum Gasteiger partial charge on any atom is 0.118 e. The van der Waals surface area contributed by atoms with Gasteiger partial charge in [0, 0.05) is 12.5 Å². The highest BCUT2D eigenvalue weighted by Crippen LogP contribution is 2.52. The lowest BCUT2D eigenvalue weighted by Gasteiger charge is -2.50. The second-order valence-corrected chi connectivity index (χ2v) is 6.76. The molecule has 1 spiro atoms. The van der Waals surface area contributed by atoms with Gasteiger partial charge in [-0.25, -0.2) is 0 Å². The Labute approximate surface area is 123 Å². The zero-order valence-corrected chi connectivity index (χ0v) is 12.9. The van der Waals surface area contributed by atoms with Crippen molar-refractivity contribution in [2.24, 2.45) is 5.41 Å². The van der Waals surface area contributed by atoms with Gasteiger partial charge in [0.15, 0.2) is 0 Å². The average molecular weight is 273 g/mol. The van der Waals surface area contributed by atoms with Crippen molar-refractivity contribution in [2.75, 3.05) is 27.2 Å². The molecular formula is C18H27NO. The number of likely N-dealkylation sites (tertiary alicyclic amines) is 1. The van der Waals surface area contributed by atoms with E-state index in [0.29, 0.717) is 11.3 Å². The van der Waals surface area contributed by atoms with Gasteiger partial charge in [0.05, 0.1) is 7.11 Å². The third kappa shape index (κ3) is 2.58. The summed E-state index contributed by atoms with van der Waals surface area (Å²) in [5.74, 6) is 1.67. The highest BCUT2D eigenvalue weighted by molar-refractivity contribution is 5.31. The van der Waals surface area contributed by atoms with Crippen molar-refractivity contribution in [3.05, 3.63) is 29.8 Å². The van der Waals surface area contributed by atoms with Gasteiger partial charge in [-0.3, -0.25) is 0 Å². The molecule has 1 atom stereocenters. The normalized spacial score (nSPS) is 26.6. The first-order valence-electron chi connectivity index (χ1n) is 8.06. The average Bonchev–Trinajstić information content (AvgIpc) is 2.51. The molecule has 0 N–H and O–H groups in total. The number of methoxy groups -OCH3 is 1. The number of ether oxygens (including phenoxy) is 1. The van der Waals surface area contributed by atoms with Crippen LogP contribution in [0.2, 0.25) is 0 Å². The van der Waals surface area contributed by atoms with Crippen molar-refractivity contribution in [3.63, 3.8) is 0 Å². The van der Waals surface area contributed by atoms with Gasteiger partial charge in [-0.05, 0) is 56.0 Å². The Morgan fingerprint density at radius 1 is 1.05 bits per heavy atom. The van der Waals surface area contributed by atoms with Gasteiger partial charge in [0.1, 0.15) is 5.75 Å². The van der Waals surface area contributed by atoms with Gasteiger partial charge >= 0.3 is 0 Å². The number of benzene rings is 1. The number of likely N-dealkylation sites (N-methyl/N-ethyl adjacent to an activating group) is 1. The molecule has 1 aliphatic carbocycles. The van der Waals surface area contributed by atoms with E-state index in [-0.39, 0.29) is 0 Å². The molecule has 1 aromatic rings. The summed E-state index contributed by atoms with van der Waals surface area (Å²) >= 11 is 0. The van der Waals surface area contributed by atoms with Crippen molar-refractivity contribution < 1.29 is 4.74 Å². The Morgan fingerprint density at radius 2 is 1.75 bits per heavy atom. The van der Waals surface area contributed by atoms with Gasteiger partial charge in [0.2, 0.25) is 0 Å². The van der Waals surface area contributed by atoms with Gasteiger partial charge in [-0.15, -0.1) is 0 Å². The van der Waals surface area contributed by atoms with Gasteiger partial charge in [0.25, 0.3) is 0 Å². The van der Waals surface area contributed by atoms with Crippen molar-refractivity contribution >= 4 is 0 Å². The quantitative estimate of drug-likeness (QED) is 0.805. The Kier molecular flexibility index (Phi) is 4.02. The van der Waals surface area contributed by atoms with Crippen molar-refractivity contribution in [2.45, 2.75) is 44.4 Å². The largest absolute Gasteiger partial charge is 0.497 e. The SMILES string of the molecule is COc1ccc(C2CN(C)CCC23CCCCC3)cc1. The predicted molar refractivity (Wildman–Crippen MR) is 83.4 cm³/mol. The van der Waals surface area contributed by atoms with Crippen LogP contribution in [0.3, 0.4) is 0 Å². The molecule has 0 radical (unpaired) electrons. The van der Waals surface area contributed by atoms with Crippen LogP contribution in [0.15, 0.2) is 24.3 Å². The first-order chi connectivity index (χ1) is 9.73. The van der Waals surface area contributed by atoms with E-state index in [1.54, 1.807) is 7.11 Å². The highest BCUT2D eigenvalue weighted by Gasteiger charge is 2.43. The maximum atomic E-state index is 5.30. The summed E-state index contributed by atoms with van der Waals surface area (Å²) in [7, 11) is 4.01. The molecule has 2 heteroatoms. The van der Waals surface area contributed by atoms with E-state index in [0.717, 1.165) is 5.75 Å². The van der Waals surface area contributed by atoms with Crippen molar-refractivity contribution in [3.8, 4) is 5.75 Å². The van der Waals surface area contributed by atoms with E-state index >= 15 is 0 Å². The van der Waals surface area contributed by atoms with Crippen LogP contribution < -0.4 is 4.74 Å². The second kappa shape index (κ2) is 5.77. The lowest BCUT2D eigenvalue weighted by atomic mass is 9.60. The molecule has 110 valence electrons. The molecule has 3 rings (SSSR count). The van der Waals surface area contributed by atoms with Crippen molar-refractivity contribution in [1.29, 1.82) is 0 Å². The first kappa shape index (κ1) is 13.9. The summed E-state index contributed by atoms with van der Waals surface area (Å²) in [6.45, 7) is 2.49. The molecule has 2 fully saturated rings. The highest BCUT2D eigenvalue weighted by atomic mass is 16.5. The zero-order valence-electron chi connectivity index (χ0n) is 12.9. The molecule has 2 aliphatic rings. The van der Waals surface area contributed by atoms with Crippen LogP contribution in [0.1, 0.15) is 50.0 Å². The van der Waals surface area contributed by atoms with Crippen LogP contribution >= 0.6 is 0 Å². The zero-order chi connectivity index (χ0) is 14.0. The number of piperidine rings is 1. The molecule has 1 aliphatic heterocycles. The van der Waals surface area contributed by atoms with Crippen LogP contribution in [0.25, 0.3) is 0 Å². The Balaban J connectivity index is 1.88. The molecule has 2 nitrogen and oxygen atoms in total. The summed E-state index contributed by atoms with van der Waals surface area (Å²) in [5.41, 5.74) is 2.08. The Morgan fingerprint density at radius 3 is 2.40 bits per heavy atom. The summed E-state index contributed by atoms with van der Waals surface area (Å²) < 4.78 is 5.30.